The smallest absolute Gasteiger partial charge is 0.404 e. The fourth-order valence-corrected chi connectivity index (χ4v) is 4.61. The quantitative estimate of drug-likeness (QED) is 0.792. The Hall–Kier alpha value is -2.37. The molecule has 5 nitrogen and oxygen atoms in total. The zero-order valence-electron chi connectivity index (χ0n) is 14.7. The molecule has 2 aliphatic heterocycles. The number of nitrogens with zero attached hydrogens (tertiary/aromatic N) is 1. The third kappa shape index (κ3) is 3.45. The van der Waals surface area contributed by atoms with Crippen molar-refractivity contribution in [3.63, 3.8) is 0 Å². The molecule has 136 valence electrons. The Bertz CT molecular complexity index is 698. The molecule has 3 atom stereocenters. The topological polar surface area (TPSA) is 64.6 Å². The van der Waals surface area contributed by atoms with Crippen LogP contribution in [0.4, 0.5) is 4.79 Å². The second-order valence-electron chi connectivity index (χ2n) is 7.26. The van der Waals surface area contributed by atoms with Gasteiger partial charge in [-0.15, -0.1) is 0 Å². The van der Waals surface area contributed by atoms with Gasteiger partial charge in [-0.3, -0.25) is 4.90 Å². The minimum atomic E-state index is -0.929. The van der Waals surface area contributed by atoms with E-state index >= 15 is 0 Å². The van der Waals surface area contributed by atoms with Crippen LogP contribution < -0.4 is 10.6 Å². The van der Waals surface area contributed by atoms with E-state index in [-0.39, 0.29) is 12.0 Å². The lowest BCUT2D eigenvalue weighted by atomic mass is 9.83. The summed E-state index contributed by atoms with van der Waals surface area (Å²) in [5, 5.41) is 15.4. The Labute approximate surface area is 154 Å². The van der Waals surface area contributed by atoms with Gasteiger partial charge >= 0.3 is 6.09 Å². The van der Waals surface area contributed by atoms with Gasteiger partial charge in [-0.05, 0) is 17.5 Å². The largest absolute Gasteiger partial charge is 0.465 e. The molecular formula is C21H25N3O2. The molecule has 1 amide bonds. The van der Waals surface area contributed by atoms with E-state index in [2.05, 4.69) is 76.2 Å². The van der Waals surface area contributed by atoms with Crippen molar-refractivity contribution in [2.24, 2.45) is 0 Å². The van der Waals surface area contributed by atoms with E-state index in [1.54, 1.807) is 0 Å². The molecule has 2 aromatic rings. The molecule has 0 aromatic heterocycles. The van der Waals surface area contributed by atoms with Crippen LogP contribution in [0.15, 0.2) is 60.7 Å². The number of hydrogen-bond acceptors (Lipinski definition) is 3. The van der Waals surface area contributed by atoms with Crippen LogP contribution in [0, 0.1) is 0 Å². The van der Waals surface area contributed by atoms with Gasteiger partial charge in [0.1, 0.15) is 0 Å². The number of rotatable bonds is 4. The van der Waals surface area contributed by atoms with Gasteiger partial charge in [0.2, 0.25) is 0 Å². The lowest BCUT2D eigenvalue weighted by Crippen LogP contribution is -2.57. The molecule has 0 radical (unpaired) electrons. The molecule has 2 unspecified atom stereocenters. The number of amides is 1. The minimum absolute atomic E-state index is 0.00657. The second kappa shape index (κ2) is 7.48. The van der Waals surface area contributed by atoms with Crippen LogP contribution in [-0.2, 0) is 0 Å². The summed E-state index contributed by atoms with van der Waals surface area (Å²) in [7, 11) is 0. The highest BCUT2D eigenvalue weighted by atomic mass is 16.4. The molecular weight excluding hydrogens is 326 g/mol. The SMILES string of the molecule is O=C(O)NC1C[C@H]2CNCC(C(c3ccccc3)c3ccccc3)N2C1. The van der Waals surface area contributed by atoms with Crippen molar-refractivity contribution in [2.45, 2.75) is 30.5 Å². The molecule has 2 heterocycles. The van der Waals surface area contributed by atoms with Crippen molar-refractivity contribution < 1.29 is 9.90 Å². The van der Waals surface area contributed by atoms with E-state index in [4.69, 9.17) is 5.11 Å². The molecule has 2 aromatic carbocycles. The maximum Gasteiger partial charge on any atom is 0.404 e. The maximum absolute atomic E-state index is 11.1. The van der Waals surface area contributed by atoms with E-state index in [0.717, 1.165) is 26.1 Å². The van der Waals surface area contributed by atoms with Crippen LogP contribution in [0.5, 0.6) is 0 Å². The summed E-state index contributed by atoms with van der Waals surface area (Å²) in [6, 6.07) is 22.0. The minimum Gasteiger partial charge on any atom is -0.465 e. The summed E-state index contributed by atoms with van der Waals surface area (Å²) in [5.41, 5.74) is 2.61. The number of hydrogen-bond donors (Lipinski definition) is 3. The molecule has 0 spiro atoms. The summed E-state index contributed by atoms with van der Waals surface area (Å²) < 4.78 is 0. The summed E-state index contributed by atoms with van der Waals surface area (Å²) in [6.45, 7) is 2.61. The van der Waals surface area contributed by atoms with Crippen molar-refractivity contribution in [1.82, 2.24) is 15.5 Å². The number of carboxylic acid groups (broad SMARTS) is 1. The normalized spacial score (nSPS) is 25.8. The van der Waals surface area contributed by atoms with Crippen molar-refractivity contribution >= 4 is 6.09 Å². The predicted molar refractivity (Wildman–Crippen MR) is 101 cm³/mol. The van der Waals surface area contributed by atoms with Crippen molar-refractivity contribution in [3.05, 3.63) is 71.8 Å². The fourth-order valence-electron chi connectivity index (χ4n) is 4.61. The third-order valence-electron chi connectivity index (χ3n) is 5.65. The summed E-state index contributed by atoms with van der Waals surface area (Å²) in [4.78, 5) is 13.6. The maximum atomic E-state index is 11.1. The first-order chi connectivity index (χ1) is 12.7. The first kappa shape index (κ1) is 17.1. The van der Waals surface area contributed by atoms with Crippen molar-refractivity contribution in [3.8, 4) is 0 Å². The Morgan fingerprint density at radius 1 is 1.04 bits per heavy atom. The van der Waals surface area contributed by atoms with Crippen LogP contribution in [-0.4, -0.2) is 53.9 Å². The molecule has 0 aliphatic carbocycles. The molecule has 5 heteroatoms. The number of piperazine rings is 1. The molecule has 0 bridgehead atoms. The van der Waals surface area contributed by atoms with Gasteiger partial charge in [0.25, 0.3) is 0 Å². The Balaban J connectivity index is 1.66. The number of fused-ring (bicyclic) bond motifs is 1. The summed E-state index contributed by atoms with van der Waals surface area (Å²) >= 11 is 0. The lowest BCUT2D eigenvalue weighted by Gasteiger charge is -2.42. The van der Waals surface area contributed by atoms with Crippen LogP contribution in [0.25, 0.3) is 0 Å². The average Bonchev–Trinajstić information content (AvgIpc) is 3.06. The van der Waals surface area contributed by atoms with E-state index in [1.165, 1.54) is 11.1 Å². The van der Waals surface area contributed by atoms with Crippen LogP contribution in [0.2, 0.25) is 0 Å². The van der Waals surface area contributed by atoms with Crippen LogP contribution >= 0.6 is 0 Å². The highest BCUT2D eigenvalue weighted by Crippen LogP contribution is 2.35. The lowest BCUT2D eigenvalue weighted by molar-refractivity contribution is 0.123. The molecule has 2 fully saturated rings. The van der Waals surface area contributed by atoms with E-state index in [1.807, 2.05) is 0 Å². The van der Waals surface area contributed by atoms with Gasteiger partial charge in [-0.2, -0.15) is 0 Å². The highest BCUT2D eigenvalue weighted by Gasteiger charge is 2.42. The average molecular weight is 351 g/mol. The predicted octanol–water partition coefficient (Wildman–Crippen LogP) is 2.50. The van der Waals surface area contributed by atoms with E-state index in [9.17, 15) is 4.79 Å². The van der Waals surface area contributed by atoms with Crippen LogP contribution in [0.3, 0.4) is 0 Å². The Morgan fingerprint density at radius 2 is 1.65 bits per heavy atom. The van der Waals surface area contributed by atoms with Crippen molar-refractivity contribution in [1.29, 1.82) is 0 Å². The molecule has 4 rings (SSSR count). The van der Waals surface area contributed by atoms with Crippen molar-refractivity contribution in [2.75, 3.05) is 19.6 Å². The Kier molecular flexibility index (Phi) is 4.91. The first-order valence-corrected chi connectivity index (χ1v) is 9.28. The van der Waals surface area contributed by atoms with Crippen LogP contribution in [0.1, 0.15) is 23.5 Å². The van der Waals surface area contributed by atoms with Gasteiger partial charge in [-0.1, -0.05) is 60.7 Å². The van der Waals surface area contributed by atoms with Gasteiger partial charge < -0.3 is 15.7 Å². The van der Waals surface area contributed by atoms with Gasteiger partial charge in [-0.25, -0.2) is 4.79 Å². The zero-order valence-corrected chi connectivity index (χ0v) is 14.7. The molecule has 26 heavy (non-hydrogen) atoms. The van der Waals surface area contributed by atoms with Gasteiger partial charge in [0.05, 0.1) is 0 Å². The fraction of sp³-hybridized carbons (Fsp3) is 0.381. The van der Waals surface area contributed by atoms with E-state index in [0.29, 0.717) is 12.1 Å². The first-order valence-electron chi connectivity index (χ1n) is 9.28. The standard InChI is InChI=1S/C21H25N3O2/c25-21(26)23-17-11-18-12-22-13-19(24(18)14-17)20(15-7-3-1-4-8-15)16-9-5-2-6-10-16/h1-10,17-20,22-23H,11-14H2,(H,25,26)/t17?,18-,19?/m0/s1. The van der Waals surface area contributed by atoms with Gasteiger partial charge in [0, 0.05) is 43.7 Å². The number of carbonyl (C=O) groups is 1. The molecule has 2 aliphatic rings. The third-order valence-corrected chi connectivity index (χ3v) is 5.65. The summed E-state index contributed by atoms with van der Waals surface area (Å²) in [6.07, 6.45) is -0.0615. The monoisotopic (exact) mass is 351 g/mol. The summed E-state index contributed by atoms with van der Waals surface area (Å²) in [5.74, 6) is 0.260. The molecule has 2 saturated heterocycles. The molecule has 3 N–H and O–H groups in total. The molecule has 0 saturated carbocycles. The second-order valence-corrected chi connectivity index (χ2v) is 7.26. The number of benzene rings is 2. The van der Waals surface area contributed by atoms with Gasteiger partial charge in [0.15, 0.2) is 0 Å². The van der Waals surface area contributed by atoms with E-state index < -0.39 is 6.09 Å². The zero-order chi connectivity index (χ0) is 17.9. The number of nitrogens with one attached hydrogen (secondary N) is 2. The highest BCUT2D eigenvalue weighted by molar-refractivity contribution is 5.65. The Morgan fingerprint density at radius 3 is 2.23 bits per heavy atom.